The van der Waals surface area contributed by atoms with Crippen LogP contribution >= 0.6 is 0 Å². The lowest BCUT2D eigenvalue weighted by Crippen LogP contribution is -2.40. The number of benzene rings is 1. The Kier molecular flexibility index (Phi) is 4.17. The smallest absolute Gasteiger partial charge is 0.322 e. The van der Waals surface area contributed by atoms with Crippen molar-refractivity contribution >= 4 is 16.0 Å². The van der Waals surface area contributed by atoms with Crippen molar-refractivity contribution in [1.82, 2.24) is 4.31 Å². The SMILES string of the molecule is COc1ccc(S(=O)(=O)N2CC(O)C[C@H]2C(=O)O)cc1F. The van der Waals surface area contributed by atoms with Crippen molar-refractivity contribution in [2.75, 3.05) is 13.7 Å². The molecule has 1 aromatic carbocycles. The maximum absolute atomic E-state index is 13.6. The number of ether oxygens (including phenoxy) is 1. The third-order valence-electron chi connectivity index (χ3n) is 3.25. The van der Waals surface area contributed by atoms with Crippen LogP contribution in [0, 0.1) is 5.82 Å². The number of sulfonamides is 1. The van der Waals surface area contributed by atoms with E-state index in [9.17, 15) is 22.7 Å². The Labute approximate surface area is 120 Å². The zero-order chi connectivity index (χ0) is 15.8. The average Bonchev–Trinajstić information content (AvgIpc) is 2.81. The monoisotopic (exact) mass is 319 g/mol. The van der Waals surface area contributed by atoms with E-state index in [0.29, 0.717) is 4.31 Å². The van der Waals surface area contributed by atoms with Gasteiger partial charge in [0.25, 0.3) is 0 Å². The molecule has 2 N–H and O–H groups in total. The molecule has 0 bridgehead atoms. The highest BCUT2D eigenvalue weighted by atomic mass is 32.2. The third kappa shape index (κ3) is 2.85. The molecule has 7 nitrogen and oxygen atoms in total. The fourth-order valence-corrected chi connectivity index (χ4v) is 3.86. The van der Waals surface area contributed by atoms with E-state index in [-0.39, 0.29) is 23.6 Å². The van der Waals surface area contributed by atoms with Gasteiger partial charge >= 0.3 is 5.97 Å². The number of methoxy groups -OCH3 is 1. The third-order valence-corrected chi connectivity index (χ3v) is 5.12. The van der Waals surface area contributed by atoms with Crippen LogP contribution in [0.25, 0.3) is 0 Å². The Morgan fingerprint density at radius 3 is 2.67 bits per heavy atom. The number of β-amino-alcohol motifs (C(OH)–C–C–N with tert-alkyl or cyclic N) is 1. The van der Waals surface area contributed by atoms with Gasteiger partial charge in [-0.25, -0.2) is 12.8 Å². The van der Waals surface area contributed by atoms with Gasteiger partial charge < -0.3 is 14.9 Å². The highest BCUT2D eigenvalue weighted by molar-refractivity contribution is 7.89. The second-order valence-electron chi connectivity index (χ2n) is 4.61. The van der Waals surface area contributed by atoms with Gasteiger partial charge in [-0.1, -0.05) is 0 Å². The van der Waals surface area contributed by atoms with Gasteiger partial charge in [0, 0.05) is 13.0 Å². The Bertz CT molecular complexity index is 662. The van der Waals surface area contributed by atoms with Gasteiger partial charge in [0.1, 0.15) is 6.04 Å². The number of hydrogen-bond acceptors (Lipinski definition) is 5. The van der Waals surface area contributed by atoms with E-state index < -0.39 is 34.0 Å². The number of rotatable bonds is 4. The molecule has 9 heteroatoms. The molecule has 1 fully saturated rings. The molecule has 0 aliphatic carbocycles. The number of aliphatic carboxylic acids is 1. The highest BCUT2D eigenvalue weighted by Gasteiger charge is 2.43. The van der Waals surface area contributed by atoms with Crippen LogP contribution in [0.4, 0.5) is 4.39 Å². The standard InChI is InChI=1S/C12H14FNO6S/c1-20-11-3-2-8(5-9(11)13)21(18,19)14-6-7(15)4-10(14)12(16)17/h2-3,5,7,10,15H,4,6H2,1H3,(H,16,17)/t7?,10-/m0/s1. The second kappa shape index (κ2) is 5.58. The van der Waals surface area contributed by atoms with E-state index >= 15 is 0 Å². The largest absolute Gasteiger partial charge is 0.494 e. The van der Waals surface area contributed by atoms with Crippen LogP contribution in [0.15, 0.2) is 23.1 Å². The van der Waals surface area contributed by atoms with E-state index in [1.165, 1.54) is 7.11 Å². The second-order valence-corrected chi connectivity index (χ2v) is 6.51. The average molecular weight is 319 g/mol. The molecule has 0 aromatic heterocycles. The molecule has 1 aliphatic heterocycles. The minimum absolute atomic E-state index is 0.120. The van der Waals surface area contributed by atoms with Crippen molar-refractivity contribution < 1.29 is 32.6 Å². The van der Waals surface area contributed by atoms with Crippen molar-refractivity contribution in [3.05, 3.63) is 24.0 Å². The van der Waals surface area contributed by atoms with E-state index in [2.05, 4.69) is 0 Å². The molecule has 0 saturated carbocycles. The number of halogens is 1. The lowest BCUT2D eigenvalue weighted by molar-refractivity contribution is -0.140. The molecule has 0 spiro atoms. The molecular formula is C12H14FNO6S. The zero-order valence-corrected chi connectivity index (χ0v) is 11.9. The fraction of sp³-hybridized carbons (Fsp3) is 0.417. The summed E-state index contributed by atoms with van der Waals surface area (Å²) in [5, 5.41) is 18.5. The number of hydrogen-bond donors (Lipinski definition) is 2. The van der Waals surface area contributed by atoms with Gasteiger partial charge in [0.2, 0.25) is 10.0 Å². The van der Waals surface area contributed by atoms with Gasteiger partial charge in [-0.15, -0.1) is 0 Å². The van der Waals surface area contributed by atoms with Crippen LogP contribution < -0.4 is 4.74 Å². The normalized spacial score (nSPS) is 23.2. The van der Waals surface area contributed by atoms with Crippen LogP contribution in [0.5, 0.6) is 5.75 Å². The van der Waals surface area contributed by atoms with Gasteiger partial charge in [0.05, 0.1) is 18.1 Å². The topological polar surface area (TPSA) is 104 Å². The number of aliphatic hydroxyl groups is 1. The summed E-state index contributed by atoms with van der Waals surface area (Å²) >= 11 is 0. The summed E-state index contributed by atoms with van der Waals surface area (Å²) < 4.78 is 43.8. The molecule has 1 aliphatic rings. The number of carbonyl (C=O) groups is 1. The summed E-state index contributed by atoms with van der Waals surface area (Å²) in [5.74, 6) is -2.35. The molecular weight excluding hydrogens is 305 g/mol. The van der Waals surface area contributed by atoms with Crippen molar-refractivity contribution in [1.29, 1.82) is 0 Å². The molecule has 0 amide bonds. The Balaban J connectivity index is 2.42. The molecule has 2 rings (SSSR count). The first-order valence-electron chi connectivity index (χ1n) is 6.03. The van der Waals surface area contributed by atoms with Crippen LogP contribution in [-0.4, -0.2) is 54.7 Å². The van der Waals surface area contributed by atoms with Gasteiger partial charge in [-0.3, -0.25) is 4.79 Å². The van der Waals surface area contributed by atoms with Crippen LogP contribution in [0.3, 0.4) is 0 Å². The minimum atomic E-state index is -4.22. The van der Waals surface area contributed by atoms with Gasteiger partial charge in [-0.05, 0) is 18.2 Å². The quantitative estimate of drug-likeness (QED) is 0.812. The number of nitrogens with zero attached hydrogens (tertiary/aromatic N) is 1. The molecule has 0 radical (unpaired) electrons. The Morgan fingerprint density at radius 2 is 2.14 bits per heavy atom. The molecule has 1 aromatic rings. The first-order chi connectivity index (χ1) is 9.77. The lowest BCUT2D eigenvalue weighted by Gasteiger charge is -2.20. The molecule has 1 heterocycles. The fourth-order valence-electron chi connectivity index (χ4n) is 2.22. The summed E-state index contributed by atoms with van der Waals surface area (Å²) in [6, 6.07) is 1.67. The van der Waals surface area contributed by atoms with Gasteiger partial charge in [-0.2, -0.15) is 4.31 Å². The number of aliphatic hydroxyl groups excluding tert-OH is 1. The summed E-state index contributed by atoms with van der Waals surface area (Å²) in [6.45, 7) is -0.340. The van der Waals surface area contributed by atoms with Crippen LogP contribution in [0.2, 0.25) is 0 Å². The predicted octanol–water partition coefficient (Wildman–Crippen LogP) is 0.0428. The summed E-state index contributed by atoms with van der Waals surface area (Å²) in [5.41, 5.74) is 0. The van der Waals surface area contributed by atoms with E-state index in [4.69, 9.17) is 9.84 Å². The highest BCUT2D eigenvalue weighted by Crippen LogP contribution is 2.28. The number of carboxylic acid groups (broad SMARTS) is 1. The summed E-state index contributed by atoms with van der Waals surface area (Å²) in [7, 11) is -2.98. The van der Waals surface area contributed by atoms with Gasteiger partial charge in [0.15, 0.2) is 11.6 Å². The maximum Gasteiger partial charge on any atom is 0.322 e. The van der Waals surface area contributed by atoms with E-state index in [1.807, 2.05) is 0 Å². The van der Waals surface area contributed by atoms with E-state index in [0.717, 1.165) is 18.2 Å². The molecule has 116 valence electrons. The molecule has 1 unspecified atom stereocenters. The molecule has 21 heavy (non-hydrogen) atoms. The Morgan fingerprint density at radius 1 is 1.48 bits per heavy atom. The van der Waals surface area contributed by atoms with Crippen molar-refractivity contribution in [2.24, 2.45) is 0 Å². The summed E-state index contributed by atoms with van der Waals surface area (Å²) in [4.78, 5) is 10.7. The Hall–Kier alpha value is -1.71. The zero-order valence-electron chi connectivity index (χ0n) is 11.1. The van der Waals surface area contributed by atoms with E-state index in [1.54, 1.807) is 0 Å². The lowest BCUT2D eigenvalue weighted by atomic mass is 10.2. The predicted molar refractivity (Wildman–Crippen MR) is 68.9 cm³/mol. The van der Waals surface area contributed by atoms with Crippen LogP contribution in [-0.2, 0) is 14.8 Å². The summed E-state index contributed by atoms with van der Waals surface area (Å²) in [6.07, 6.45) is -1.27. The molecule has 2 atom stereocenters. The van der Waals surface area contributed by atoms with Crippen molar-refractivity contribution in [3.8, 4) is 5.75 Å². The minimum Gasteiger partial charge on any atom is -0.494 e. The first-order valence-corrected chi connectivity index (χ1v) is 7.47. The van der Waals surface area contributed by atoms with Crippen molar-refractivity contribution in [2.45, 2.75) is 23.5 Å². The molecule has 1 saturated heterocycles. The number of carboxylic acids is 1. The van der Waals surface area contributed by atoms with Crippen molar-refractivity contribution in [3.63, 3.8) is 0 Å². The maximum atomic E-state index is 13.6. The van der Waals surface area contributed by atoms with Crippen LogP contribution in [0.1, 0.15) is 6.42 Å². The first kappa shape index (κ1) is 15.7.